The van der Waals surface area contributed by atoms with Crippen molar-refractivity contribution < 1.29 is 34.6 Å². The molecular formula is C6H11BO7. The van der Waals surface area contributed by atoms with Crippen molar-refractivity contribution in [3.8, 4) is 0 Å². The normalized spacial score (nSPS) is 43.5. The summed E-state index contributed by atoms with van der Waals surface area (Å²) in [5.41, 5.74) is 0. The Hall–Kier alpha value is -0.665. The summed E-state index contributed by atoms with van der Waals surface area (Å²) < 4.78 is 9.14. The van der Waals surface area contributed by atoms with Gasteiger partial charge in [0.05, 0.1) is 6.10 Å². The number of rotatable bonds is 2. The van der Waals surface area contributed by atoms with Crippen LogP contribution in [0.4, 0.5) is 0 Å². The molecule has 0 aromatic rings. The molecule has 0 saturated carbocycles. The van der Waals surface area contributed by atoms with Crippen LogP contribution in [0.5, 0.6) is 0 Å². The van der Waals surface area contributed by atoms with Gasteiger partial charge < -0.3 is 29.8 Å². The van der Waals surface area contributed by atoms with Crippen LogP contribution in [0.3, 0.4) is 0 Å². The molecule has 0 amide bonds. The summed E-state index contributed by atoms with van der Waals surface area (Å²) in [5.74, 6) is -1.43. The zero-order valence-corrected chi connectivity index (χ0v) is 7.40. The Labute approximate surface area is 80.3 Å². The Bertz CT molecular complexity index is 222. The van der Waals surface area contributed by atoms with Gasteiger partial charge in [0.25, 0.3) is 8.05 Å². The summed E-state index contributed by atoms with van der Waals surface area (Å²) in [4.78, 5) is 10.5. The van der Waals surface area contributed by atoms with Gasteiger partial charge in [-0.1, -0.05) is 0 Å². The van der Waals surface area contributed by atoms with E-state index in [9.17, 15) is 15.0 Å². The molecule has 0 aromatic heterocycles. The Kier molecular flexibility index (Phi) is 3.45. The SMILES string of the molecule is BO[C@H]1[C@H](O)[C@@H](C(=O)O)OC(O)[C@@H]1O. The first-order valence-electron chi connectivity index (χ1n) is 3.94. The lowest BCUT2D eigenvalue weighted by molar-refractivity contribution is -0.275. The highest BCUT2D eigenvalue weighted by molar-refractivity contribution is 5.98. The Morgan fingerprint density at radius 3 is 2.29 bits per heavy atom. The third kappa shape index (κ3) is 1.89. The Morgan fingerprint density at radius 1 is 1.29 bits per heavy atom. The van der Waals surface area contributed by atoms with Crippen LogP contribution < -0.4 is 0 Å². The van der Waals surface area contributed by atoms with Gasteiger partial charge in [-0.05, 0) is 0 Å². The summed E-state index contributed by atoms with van der Waals surface area (Å²) in [5, 5.41) is 36.3. The minimum Gasteiger partial charge on any atom is -0.479 e. The first-order chi connectivity index (χ1) is 6.49. The number of aliphatic hydroxyl groups is 3. The zero-order chi connectivity index (χ0) is 10.9. The van der Waals surface area contributed by atoms with E-state index in [1.165, 1.54) is 8.05 Å². The number of carboxylic acid groups (broad SMARTS) is 1. The van der Waals surface area contributed by atoms with Crippen molar-refractivity contribution in [1.82, 2.24) is 0 Å². The fourth-order valence-corrected chi connectivity index (χ4v) is 1.33. The average molecular weight is 206 g/mol. The summed E-state index contributed by atoms with van der Waals surface area (Å²) in [6, 6.07) is 0. The van der Waals surface area contributed by atoms with Crippen LogP contribution in [0.25, 0.3) is 0 Å². The molecule has 1 saturated heterocycles. The number of carbonyl (C=O) groups is 1. The molecule has 0 bridgehead atoms. The summed E-state index contributed by atoms with van der Waals surface area (Å²) in [6.07, 6.45) is -7.44. The highest BCUT2D eigenvalue weighted by Crippen LogP contribution is 2.21. The van der Waals surface area contributed by atoms with E-state index in [-0.39, 0.29) is 0 Å². The largest absolute Gasteiger partial charge is 0.479 e. The van der Waals surface area contributed by atoms with Crippen molar-refractivity contribution in [1.29, 1.82) is 0 Å². The van der Waals surface area contributed by atoms with Gasteiger partial charge in [-0.3, -0.25) is 0 Å². The van der Waals surface area contributed by atoms with E-state index in [0.717, 1.165) is 0 Å². The quantitative estimate of drug-likeness (QED) is 0.345. The first kappa shape index (κ1) is 11.4. The predicted octanol–water partition coefficient (Wildman–Crippen LogP) is -3.56. The van der Waals surface area contributed by atoms with Gasteiger partial charge in [0.15, 0.2) is 12.4 Å². The van der Waals surface area contributed by atoms with Crippen molar-refractivity contribution in [2.45, 2.75) is 30.7 Å². The standard InChI is InChI=1S/C6H11BO7/c7-14-3-1(8)4(5(10)11)13-6(12)2(3)9/h1-4,6,8-9,12H,7H2,(H,10,11)/t1-,2+,3-,4-,6?/m0/s1. The predicted molar refractivity (Wildman–Crippen MR) is 43.9 cm³/mol. The van der Waals surface area contributed by atoms with Crippen LogP contribution in [0.2, 0.25) is 0 Å². The van der Waals surface area contributed by atoms with E-state index in [1.54, 1.807) is 0 Å². The number of carboxylic acids is 1. The number of hydrogen-bond donors (Lipinski definition) is 4. The molecule has 0 aliphatic carbocycles. The minimum atomic E-state index is -1.68. The van der Waals surface area contributed by atoms with E-state index in [0.29, 0.717) is 0 Å². The molecule has 1 aliphatic rings. The molecule has 1 aliphatic heterocycles. The van der Waals surface area contributed by atoms with Crippen LogP contribution in [0, 0.1) is 0 Å². The van der Waals surface area contributed by atoms with Crippen LogP contribution >= 0.6 is 0 Å². The molecule has 0 spiro atoms. The minimum absolute atomic E-state index is 1.18. The lowest BCUT2D eigenvalue weighted by atomic mass is 9.98. The summed E-state index contributed by atoms with van der Waals surface area (Å²) in [7, 11) is 1.19. The van der Waals surface area contributed by atoms with E-state index < -0.39 is 36.7 Å². The van der Waals surface area contributed by atoms with Gasteiger partial charge in [-0.15, -0.1) is 0 Å². The maximum Gasteiger partial charge on any atom is 0.335 e. The van der Waals surface area contributed by atoms with Crippen LogP contribution in [0.1, 0.15) is 0 Å². The van der Waals surface area contributed by atoms with E-state index in [1.807, 2.05) is 0 Å². The molecule has 4 N–H and O–H groups in total. The second-order valence-electron chi connectivity index (χ2n) is 2.97. The monoisotopic (exact) mass is 206 g/mol. The van der Waals surface area contributed by atoms with E-state index in [2.05, 4.69) is 9.39 Å². The van der Waals surface area contributed by atoms with Crippen LogP contribution in [-0.4, -0.2) is 65.2 Å². The second-order valence-corrected chi connectivity index (χ2v) is 2.97. The molecule has 80 valence electrons. The van der Waals surface area contributed by atoms with Crippen molar-refractivity contribution in [3.63, 3.8) is 0 Å². The van der Waals surface area contributed by atoms with E-state index in [4.69, 9.17) is 10.2 Å². The molecule has 7 nitrogen and oxygen atoms in total. The van der Waals surface area contributed by atoms with E-state index >= 15 is 0 Å². The van der Waals surface area contributed by atoms with Crippen molar-refractivity contribution in [2.24, 2.45) is 0 Å². The summed E-state index contributed by atoms with van der Waals surface area (Å²) in [6.45, 7) is 0. The molecule has 5 atom stereocenters. The van der Waals surface area contributed by atoms with Gasteiger partial charge >= 0.3 is 5.97 Å². The zero-order valence-electron chi connectivity index (χ0n) is 7.40. The summed E-state index contributed by atoms with van der Waals surface area (Å²) >= 11 is 0. The van der Waals surface area contributed by atoms with Gasteiger partial charge in [-0.2, -0.15) is 0 Å². The molecule has 1 rings (SSSR count). The molecule has 1 heterocycles. The number of hydrogen-bond acceptors (Lipinski definition) is 6. The number of aliphatic hydroxyl groups excluding tert-OH is 3. The molecular weight excluding hydrogens is 195 g/mol. The fourth-order valence-electron chi connectivity index (χ4n) is 1.33. The molecule has 8 heteroatoms. The maximum atomic E-state index is 10.5. The molecule has 0 aromatic carbocycles. The highest BCUT2D eigenvalue weighted by Gasteiger charge is 2.46. The first-order valence-corrected chi connectivity index (χ1v) is 3.94. The average Bonchev–Trinajstić information content (AvgIpc) is 2.12. The number of aliphatic carboxylic acids is 1. The third-order valence-electron chi connectivity index (χ3n) is 2.08. The van der Waals surface area contributed by atoms with Crippen LogP contribution in [0.15, 0.2) is 0 Å². The fraction of sp³-hybridized carbons (Fsp3) is 0.833. The second kappa shape index (κ2) is 4.24. The Balaban J connectivity index is 2.80. The smallest absolute Gasteiger partial charge is 0.335 e. The lowest BCUT2D eigenvalue weighted by Gasteiger charge is -2.38. The maximum absolute atomic E-state index is 10.5. The Morgan fingerprint density at radius 2 is 1.86 bits per heavy atom. The van der Waals surface area contributed by atoms with Crippen molar-refractivity contribution >= 4 is 14.0 Å². The van der Waals surface area contributed by atoms with Gasteiger partial charge in [0.1, 0.15) is 12.2 Å². The molecule has 14 heavy (non-hydrogen) atoms. The van der Waals surface area contributed by atoms with Gasteiger partial charge in [0.2, 0.25) is 0 Å². The third-order valence-corrected chi connectivity index (χ3v) is 2.08. The molecule has 1 unspecified atom stereocenters. The molecule has 1 fully saturated rings. The number of ether oxygens (including phenoxy) is 1. The highest BCUT2D eigenvalue weighted by atomic mass is 16.6. The topological polar surface area (TPSA) is 116 Å². The van der Waals surface area contributed by atoms with Gasteiger partial charge in [-0.25, -0.2) is 4.79 Å². The van der Waals surface area contributed by atoms with Crippen molar-refractivity contribution in [2.75, 3.05) is 0 Å². The lowest BCUT2D eigenvalue weighted by Crippen LogP contribution is -2.60. The molecule has 0 radical (unpaired) electrons. The van der Waals surface area contributed by atoms with Gasteiger partial charge in [0, 0.05) is 0 Å². The van der Waals surface area contributed by atoms with Crippen molar-refractivity contribution in [3.05, 3.63) is 0 Å². The van der Waals surface area contributed by atoms with Crippen LogP contribution in [-0.2, 0) is 14.2 Å².